The number of hydrogen-bond acceptors (Lipinski definition) is 4. The number of carbonyl (C=O) groups is 1. The van der Waals surface area contributed by atoms with Crippen LogP contribution in [0.4, 0.5) is 0 Å². The number of methoxy groups -OCH3 is 3. The van der Waals surface area contributed by atoms with Gasteiger partial charge in [-0.25, -0.2) is 0 Å². The maximum absolute atomic E-state index is 12.3. The average molecular weight is 315 g/mol. The Balaban J connectivity index is 2.04. The van der Waals surface area contributed by atoms with Gasteiger partial charge in [-0.1, -0.05) is 30.3 Å². The van der Waals surface area contributed by atoms with Crippen LogP contribution in [0.3, 0.4) is 0 Å². The van der Waals surface area contributed by atoms with Crippen molar-refractivity contribution in [2.24, 2.45) is 0 Å². The lowest BCUT2D eigenvalue weighted by molar-refractivity contribution is 0.0827. The average Bonchev–Trinajstić information content (AvgIpc) is 2.62. The lowest BCUT2D eigenvalue weighted by Crippen LogP contribution is -2.29. The van der Waals surface area contributed by atoms with Gasteiger partial charge >= 0.3 is 0 Å². The molecule has 0 aliphatic carbocycles. The van der Waals surface area contributed by atoms with Gasteiger partial charge in [-0.05, 0) is 23.8 Å². The van der Waals surface area contributed by atoms with Gasteiger partial charge in [-0.2, -0.15) is 0 Å². The van der Waals surface area contributed by atoms with Crippen molar-refractivity contribution in [2.75, 3.05) is 27.9 Å². The van der Waals surface area contributed by atoms with Gasteiger partial charge in [-0.15, -0.1) is 0 Å². The molecule has 2 aromatic carbocycles. The maximum atomic E-state index is 12.3. The molecule has 23 heavy (non-hydrogen) atoms. The first-order chi connectivity index (χ1) is 11.2. The summed E-state index contributed by atoms with van der Waals surface area (Å²) in [5.41, 5.74) is 1.52. The highest BCUT2D eigenvalue weighted by Gasteiger charge is 2.14. The fraction of sp³-hybridized carbons (Fsp3) is 0.278. The minimum atomic E-state index is -0.194. The molecule has 2 aromatic rings. The second kappa shape index (κ2) is 8.19. The zero-order valence-corrected chi connectivity index (χ0v) is 13.5. The third-order valence-corrected chi connectivity index (χ3v) is 3.55. The molecule has 2 rings (SSSR count). The van der Waals surface area contributed by atoms with Gasteiger partial charge in [0.15, 0.2) is 11.5 Å². The van der Waals surface area contributed by atoms with E-state index in [9.17, 15) is 4.79 Å². The van der Waals surface area contributed by atoms with Crippen molar-refractivity contribution in [3.63, 3.8) is 0 Å². The topological polar surface area (TPSA) is 56.8 Å². The zero-order chi connectivity index (χ0) is 16.7. The van der Waals surface area contributed by atoms with Crippen LogP contribution in [0.25, 0.3) is 0 Å². The van der Waals surface area contributed by atoms with Crippen LogP contribution in [0.5, 0.6) is 11.5 Å². The summed E-state index contributed by atoms with van der Waals surface area (Å²) in [6.45, 7) is 0.383. The SMILES string of the molecule is COc1ccc(C(=O)NCC(OC)c2ccccc2)cc1OC. The lowest BCUT2D eigenvalue weighted by atomic mass is 10.1. The summed E-state index contributed by atoms with van der Waals surface area (Å²) in [6.07, 6.45) is -0.194. The van der Waals surface area contributed by atoms with E-state index in [2.05, 4.69) is 5.32 Å². The molecule has 0 radical (unpaired) electrons. The standard InChI is InChI=1S/C18H21NO4/c1-21-15-10-9-14(11-16(15)22-2)18(20)19-12-17(23-3)13-7-5-4-6-8-13/h4-11,17H,12H2,1-3H3,(H,19,20). The molecule has 1 unspecified atom stereocenters. The monoisotopic (exact) mass is 315 g/mol. The molecule has 0 saturated carbocycles. The zero-order valence-electron chi connectivity index (χ0n) is 13.5. The van der Waals surface area contributed by atoms with Crippen LogP contribution >= 0.6 is 0 Å². The van der Waals surface area contributed by atoms with Crippen LogP contribution in [0.1, 0.15) is 22.0 Å². The van der Waals surface area contributed by atoms with Crippen molar-refractivity contribution >= 4 is 5.91 Å². The Hall–Kier alpha value is -2.53. The van der Waals surface area contributed by atoms with Crippen LogP contribution in [0.2, 0.25) is 0 Å². The first-order valence-corrected chi connectivity index (χ1v) is 7.27. The Bertz CT molecular complexity index is 643. The molecule has 0 heterocycles. The van der Waals surface area contributed by atoms with Gasteiger partial charge in [-0.3, -0.25) is 4.79 Å². The van der Waals surface area contributed by atoms with E-state index in [1.165, 1.54) is 7.11 Å². The van der Waals surface area contributed by atoms with Crippen molar-refractivity contribution in [2.45, 2.75) is 6.10 Å². The normalized spacial score (nSPS) is 11.6. The maximum Gasteiger partial charge on any atom is 0.251 e. The molecular weight excluding hydrogens is 294 g/mol. The van der Waals surface area contributed by atoms with E-state index >= 15 is 0 Å². The van der Waals surface area contributed by atoms with Gasteiger partial charge < -0.3 is 19.5 Å². The van der Waals surface area contributed by atoms with Crippen LogP contribution in [-0.2, 0) is 4.74 Å². The quantitative estimate of drug-likeness (QED) is 0.853. The van der Waals surface area contributed by atoms with E-state index in [1.807, 2.05) is 30.3 Å². The van der Waals surface area contributed by atoms with Gasteiger partial charge in [0.05, 0.1) is 20.3 Å². The second-order valence-corrected chi connectivity index (χ2v) is 4.91. The van der Waals surface area contributed by atoms with E-state index in [-0.39, 0.29) is 12.0 Å². The molecule has 1 N–H and O–H groups in total. The highest BCUT2D eigenvalue weighted by Crippen LogP contribution is 2.27. The summed E-state index contributed by atoms with van der Waals surface area (Å²) < 4.78 is 15.8. The molecule has 1 amide bonds. The third-order valence-electron chi connectivity index (χ3n) is 3.55. The molecule has 0 aliphatic heterocycles. The Labute approximate surface area is 136 Å². The van der Waals surface area contributed by atoms with Crippen LogP contribution < -0.4 is 14.8 Å². The summed E-state index contributed by atoms with van der Waals surface area (Å²) in [6, 6.07) is 14.8. The number of benzene rings is 2. The Morgan fingerprint density at radius 2 is 1.70 bits per heavy atom. The Morgan fingerprint density at radius 3 is 2.30 bits per heavy atom. The van der Waals surface area contributed by atoms with Gasteiger partial charge in [0.2, 0.25) is 0 Å². The number of nitrogens with one attached hydrogen (secondary N) is 1. The lowest BCUT2D eigenvalue weighted by Gasteiger charge is -2.17. The highest BCUT2D eigenvalue weighted by molar-refractivity contribution is 5.94. The summed E-state index contributed by atoms with van der Waals surface area (Å²) in [4.78, 5) is 12.3. The first kappa shape index (κ1) is 16.8. The molecule has 0 spiro atoms. The molecule has 0 saturated heterocycles. The van der Waals surface area contributed by atoms with Crippen molar-refractivity contribution in [1.82, 2.24) is 5.32 Å². The van der Waals surface area contributed by atoms with Crippen molar-refractivity contribution < 1.29 is 19.0 Å². The first-order valence-electron chi connectivity index (χ1n) is 7.27. The van der Waals surface area contributed by atoms with Crippen molar-refractivity contribution in [3.05, 3.63) is 59.7 Å². The smallest absolute Gasteiger partial charge is 0.251 e. The predicted octanol–water partition coefficient (Wildman–Crippen LogP) is 2.82. The molecule has 1 atom stereocenters. The molecule has 0 fully saturated rings. The fourth-order valence-electron chi connectivity index (χ4n) is 2.27. The van der Waals surface area contributed by atoms with E-state index in [0.717, 1.165) is 5.56 Å². The Kier molecular flexibility index (Phi) is 6.00. The fourth-order valence-corrected chi connectivity index (χ4v) is 2.27. The van der Waals surface area contributed by atoms with Gasteiger partial charge in [0.1, 0.15) is 0 Å². The highest BCUT2D eigenvalue weighted by atomic mass is 16.5. The van der Waals surface area contributed by atoms with Gasteiger partial charge in [0.25, 0.3) is 5.91 Å². The van der Waals surface area contributed by atoms with E-state index in [1.54, 1.807) is 32.4 Å². The third kappa shape index (κ3) is 4.23. The second-order valence-electron chi connectivity index (χ2n) is 4.91. The summed E-state index contributed by atoms with van der Waals surface area (Å²) in [5.74, 6) is 0.915. The molecule has 0 aliphatic rings. The van der Waals surface area contributed by atoms with E-state index < -0.39 is 0 Å². The molecule has 5 heteroatoms. The minimum absolute atomic E-state index is 0.191. The number of amides is 1. The van der Waals surface area contributed by atoms with Crippen LogP contribution in [-0.4, -0.2) is 33.8 Å². The predicted molar refractivity (Wildman–Crippen MR) is 88.1 cm³/mol. The molecular formula is C18H21NO4. The molecule has 5 nitrogen and oxygen atoms in total. The number of carbonyl (C=O) groups excluding carboxylic acids is 1. The minimum Gasteiger partial charge on any atom is -0.493 e. The number of hydrogen-bond donors (Lipinski definition) is 1. The molecule has 0 aromatic heterocycles. The van der Waals surface area contributed by atoms with Crippen molar-refractivity contribution in [3.8, 4) is 11.5 Å². The number of ether oxygens (including phenoxy) is 3. The van der Waals surface area contributed by atoms with Crippen LogP contribution in [0, 0.1) is 0 Å². The van der Waals surface area contributed by atoms with Crippen molar-refractivity contribution in [1.29, 1.82) is 0 Å². The van der Waals surface area contributed by atoms with Crippen LogP contribution in [0.15, 0.2) is 48.5 Å². The molecule has 0 bridgehead atoms. The largest absolute Gasteiger partial charge is 0.493 e. The Morgan fingerprint density at radius 1 is 1.00 bits per heavy atom. The molecule has 122 valence electrons. The summed E-state index contributed by atoms with van der Waals surface area (Å²) in [7, 11) is 4.72. The van der Waals surface area contributed by atoms with E-state index in [4.69, 9.17) is 14.2 Å². The van der Waals surface area contributed by atoms with Gasteiger partial charge in [0, 0.05) is 19.2 Å². The summed E-state index contributed by atoms with van der Waals surface area (Å²) in [5, 5.41) is 2.88. The summed E-state index contributed by atoms with van der Waals surface area (Å²) >= 11 is 0. The van der Waals surface area contributed by atoms with E-state index in [0.29, 0.717) is 23.6 Å². The number of rotatable bonds is 7.